The van der Waals surface area contributed by atoms with Crippen LogP contribution in [0, 0.1) is 5.41 Å². The third-order valence-electron chi connectivity index (χ3n) is 2.62. The minimum absolute atomic E-state index is 0.704. The van der Waals surface area contributed by atoms with Gasteiger partial charge in [0, 0.05) is 26.4 Å². The molecule has 0 atom stereocenters. The molecule has 0 saturated carbocycles. The van der Waals surface area contributed by atoms with E-state index in [4.69, 9.17) is 5.41 Å². The topological polar surface area (TPSA) is 27.1 Å². The smallest absolute Gasteiger partial charge is 0.100 e. The number of benzene rings is 1. The molecule has 1 aromatic rings. The fraction of sp³-hybridized carbons (Fsp3) is 0.364. The number of hydrogen-bond donors (Lipinski definition) is 1. The van der Waals surface area contributed by atoms with Crippen LogP contribution in [0.4, 0.5) is 5.69 Å². The second kappa shape index (κ2) is 5.19. The van der Waals surface area contributed by atoms with Crippen molar-refractivity contribution in [1.29, 1.82) is 5.41 Å². The lowest BCUT2D eigenvalue weighted by molar-refractivity contribution is 0.706. The SMILES string of the molecule is N=C1CCCCN1c1c(Br)cc(Br)cc1Br. The molecule has 1 aromatic carbocycles. The van der Waals surface area contributed by atoms with Gasteiger partial charge in [0.1, 0.15) is 5.84 Å². The molecule has 2 nitrogen and oxygen atoms in total. The van der Waals surface area contributed by atoms with Crippen LogP contribution >= 0.6 is 47.8 Å². The van der Waals surface area contributed by atoms with Crippen LogP contribution in [0.1, 0.15) is 19.3 Å². The van der Waals surface area contributed by atoms with E-state index in [0.29, 0.717) is 5.84 Å². The predicted octanol–water partition coefficient (Wildman–Crippen LogP) is 4.94. The molecule has 1 saturated heterocycles. The molecule has 0 amide bonds. The van der Waals surface area contributed by atoms with Crippen molar-refractivity contribution in [3.63, 3.8) is 0 Å². The molecule has 1 fully saturated rings. The molecule has 0 radical (unpaired) electrons. The summed E-state index contributed by atoms with van der Waals surface area (Å²) in [4.78, 5) is 2.07. The number of nitrogens with one attached hydrogen (secondary N) is 1. The number of anilines is 1. The standard InChI is InChI=1S/C11H11Br3N2/c12-7-5-8(13)11(9(14)6-7)16-4-2-1-3-10(16)15/h5-6,15H,1-4H2. The van der Waals surface area contributed by atoms with E-state index in [1.807, 2.05) is 12.1 Å². The van der Waals surface area contributed by atoms with E-state index in [9.17, 15) is 0 Å². The Kier molecular flexibility index (Phi) is 4.08. The molecule has 0 aromatic heterocycles. The maximum Gasteiger partial charge on any atom is 0.100 e. The normalized spacial score (nSPS) is 16.7. The number of piperidine rings is 1. The minimum atomic E-state index is 0.704. The molecular weight excluding hydrogens is 400 g/mol. The number of nitrogens with zero attached hydrogens (tertiary/aromatic N) is 1. The van der Waals surface area contributed by atoms with Crippen molar-refractivity contribution in [2.24, 2.45) is 0 Å². The Bertz CT molecular complexity index is 408. The van der Waals surface area contributed by atoms with Crippen LogP contribution in [0.15, 0.2) is 25.6 Å². The summed E-state index contributed by atoms with van der Waals surface area (Å²) in [6.45, 7) is 0.928. The molecule has 2 rings (SSSR count). The lowest BCUT2D eigenvalue weighted by Gasteiger charge is -2.31. The van der Waals surface area contributed by atoms with Gasteiger partial charge in [-0.15, -0.1) is 0 Å². The highest BCUT2D eigenvalue weighted by atomic mass is 79.9. The van der Waals surface area contributed by atoms with E-state index in [-0.39, 0.29) is 0 Å². The monoisotopic (exact) mass is 408 g/mol. The molecule has 0 aliphatic carbocycles. The van der Waals surface area contributed by atoms with Gasteiger partial charge in [-0.25, -0.2) is 0 Å². The van der Waals surface area contributed by atoms with E-state index >= 15 is 0 Å². The van der Waals surface area contributed by atoms with Gasteiger partial charge in [-0.1, -0.05) is 15.9 Å². The number of hydrogen-bond acceptors (Lipinski definition) is 1. The Labute approximate surface area is 120 Å². The highest BCUT2D eigenvalue weighted by Crippen LogP contribution is 2.38. The van der Waals surface area contributed by atoms with Gasteiger partial charge < -0.3 is 4.90 Å². The van der Waals surface area contributed by atoms with Gasteiger partial charge in [0.25, 0.3) is 0 Å². The molecule has 1 aliphatic heterocycles. The number of halogens is 3. The fourth-order valence-electron chi connectivity index (χ4n) is 1.87. The molecule has 1 N–H and O–H groups in total. The van der Waals surface area contributed by atoms with Crippen molar-refractivity contribution in [1.82, 2.24) is 0 Å². The van der Waals surface area contributed by atoms with Gasteiger partial charge >= 0.3 is 0 Å². The number of amidine groups is 1. The van der Waals surface area contributed by atoms with Crippen molar-refractivity contribution in [3.8, 4) is 0 Å². The van der Waals surface area contributed by atoms with Gasteiger partial charge in [0.05, 0.1) is 5.69 Å². The summed E-state index contributed by atoms with van der Waals surface area (Å²) in [5, 5.41) is 8.00. The molecule has 16 heavy (non-hydrogen) atoms. The Morgan fingerprint density at radius 2 is 1.69 bits per heavy atom. The average molecular weight is 411 g/mol. The van der Waals surface area contributed by atoms with E-state index < -0.39 is 0 Å². The Morgan fingerprint density at radius 3 is 2.25 bits per heavy atom. The van der Waals surface area contributed by atoms with Crippen LogP contribution in [-0.4, -0.2) is 12.4 Å². The Morgan fingerprint density at radius 1 is 1.06 bits per heavy atom. The highest BCUT2D eigenvalue weighted by molar-refractivity contribution is 9.11. The first-order valence-corrected chi connectivity index (χ1v) is 7.47. The third-order valence-corrected chi connectivity index (χ3v) is 4.29. The molecule has 0 bridgehead atoms. The molecule has 1 aliphatic rings. The molecule has 5 heteroatoms. The lowest BCUT2D eigenvalue weighted by atomic mass is 10.1. The lowest BCUT2D eigenvalue weighted by Crippen LogP contribution is -2.35. The second-order valence-corrected chi connectivity index (χ2v) is 6.40. The highest BCUT2D eigenvalue weighted by Gasteiger charge is 2.21. The largest absolute Gasteiger partial charge is 0.328 e. The first-order valence-electron chi connectivity index (χ1n) is 5.09. The second-order valence-electron chi connectivity index (χ2n) is 3.77. The molecule has 0 unspecified atom stereocenters. The van der Waals surface area contributed by atoms with Gasteiger partial charge in [0.15, 0.2) is 0 Å². The van der Waals surface area contributed by atoms with Crippen LogP contribution in [0.25, 0.3) is 0 Å². The van der Waals surface area contributed by atoms with Gasteiger partial charge in [-0.05, 0) is 56.8 Å². The van der Waals surface area contributed by atoms with Gasteiger partial charge in [0.2, 0.25) is 0 Å². The van der Waals surface area contributed by atoms with Gasteiger partial charge in [-0.3, -0.25) is 5.41 Å². The minimum Gasteiger partial charge on any atom is -0.328 e. The molecule has 0 spiro atoms. The summed E-state index contributed by atoms with van der Waals surface area (Å²) in [6.07, 6.45) is 3.15. The van der Waals surface area contributed by atoms with E-state index in [1.165, 1.54) is 0 Å². The van der Waals surface area contributed by atoms with E-state index in [1.54, 1.807) is 0 Å². The van der Waals surface area contributed by atoms with Crippen LogP contribution in [0.3, 0.4) is 0 Å². The number of rotatable bonds is 1. The van der Waals surface area contributed by atoms with Crippen LogP contribution in [0.5, 0.6) is 0 Å². The first kappa shape index (κ1) is 12.6. The fourth-order valence-corrected chi connectivity index (χ4v) is 4.56. The molecule has 1 heterocycles. The van der Waals surface area contributed by atoms with Crippen molar-refractivity contribution >= 4 is 59.3 Å². The third kappa shape index (κ3) is 2.51. The first-order chi connectivity index (χ1) is 7.59. The van der Waals surface area contributed by atoms with E-state index in [0.717, 1.165) is 44.9 Å². The van der Waals surface area contributed by atoms with Crippen molar-refractivity contribution in [2.45, 2.75) is 19.3 Å². The zero-order chi connectivity index (χ0) is 11.7. The van der Waals surface area contributed by atoms with Gasteiger partial charge in [-0.2, -0.15) is 0 Å². The van der Waals surface area contributed by atoms with Crippen molar-refractivity contribution in [2.75, 3.05) is 11.4 Å². The van der Waals surface area contributed by atoms with Crippen LogP contribution in [0.2, 0.25) is 0 Å². The summed E-state index contributed by atoms with van der Waals surface area (Å²) in [7, 11) is 0. The Balaban J connectivity index is 2.42. The average Bonchev–Trinajstić information content (AvgIpc) is 2.19. The van der Waals surface area contributed by atoms with Crippen molar-refractivity contribution in [3.05, 3.63) is 25.6 Å². The quantitative estimate of drug-likeness (QED) is 0.697. The van der Waals surface area contributed by atoms with Crippen LogP contribution < -0.4 is 4.90 Å². The van der Waals surface area contributed by atoms with E-state index in [2.05, 4.69) is 52.7 Å². The van der Waals surface area contributed by atoms with Crippen molar-refractivity contribution < 1.29 is 0 Å². The maximum atomic E-state index is 8.00. The predicted molar refractivity (Wildman–Crippen MR) is 78.5 cm³/mol. The summed E-state index contributed by atoms with van der Waals surface area (Å²) in [6, 6.07) is 4.03. The zero-order valence-corrected chi connectivity index (χ0v) is 13.3. The molecular formula is C11H11Br3N2. The molecule has 86 valence electrons. The summed E-state index contributed by atoms with van der Waals surface area (Å²) in [5.41, 5.74) is 1.06. The maximum absolute atomic E-state index is 8.00. The summed E-state index contributed by atoms with van der Waals surface area (Å²) >= 11 is 10.6. The van der Waals surface area contributed by atoms with Crippen LogP contribution in [-0.2, 0) is 0 Å². The summed E-state index contributed by atoms with van der Waals surface area (Å²) in [5.74, 6) is 0.704. The Hall–Kier alpha value is 0.130. The summed E-state index contributed by atoms with van der Waals surface area (Å²) < 4.78 is 3.05. The zero-order valence-electron chi connectivity index (χ0n) is 8.56.